The minimum atomic E-state index is -4.99. The highest BCUT2D eigenvalue weighted by Gasteiger charge is 2.42. The van der Waals surface area contributed by atoms with E-state index in [1.165, 1.54) is 0 Å². The molecule has 0 N–H and O–H groups in total. The van der Waals surface area contributed by atoms with E-state index in [2.05, 4.69) is 15.9 Å². The van der Waals surface area contributed by atoms with E-state index in [9.17, 15) is 31.6 Å². The fourth-order valence-electron chi connectivity index (χ4n) is 2.04. The molecule has 0 aromatic heterocycles. The predicted octanol–water partition coefficient (Wildman–Crippen LogP) is 1.90. The average molecular weight is 385 g/mol. The Morgan fingerprint density at radius 3 is 2.52 bits per heavy atom. The lowest BCUT2D eigenvalue weighted by Gasteiger charge is -2.17. The Balaban J connectivity index is 2.53. The van der Waals surface area contributed by atoms with Gasteiger partial charge in [-0.3, -0.25) is 14.9 Å². The van der Waals surface area contributed by atoms with Gasteiger partial charge in [0.1, 0.15) is 5.25 Å². The molecule has 0 spiro atoms. The van der Waals surface area contributed by atoms with E-state index in [0.717, 1.165) is 12.1 Å². The first-order valence-electron chi connectivity index (χ1n) is 5.48. The summed E-state index contributed by atoms with van der Waals surface area (Å²) in [6.45, 7) is -0.670. The molecule has 7 nitrogen and oxygen atoms in total. The first-order valence-corrected chi connectivity index (χ1v) is 7.72. The van der Waals surface area contributed by atoms with Crippen molar-refractivity contribution >= 4 is 43.4 Å². The van der Waals surface area contributed by atoms with Gasteiger partial charge in [0, 0.05) is 23.5 Å². The van der Waals surface area contributed by atoms with Crippen LogP contribution in [0.3, 0.4) is 0 Å². The molecule has 114 valence electrons. The summed E-state index contributed by atoms with van der Waals surface area (Å²) in [5.74, 6) is -1.98. The maximum Gasteiger partial charge on any atom is 0.307 e. The van der Waals surface area contributed by atoms with Crippen LogP contribution in [-0.4, -0.2) is 31.0 Å². The van der Waals surface area contributed by atoms with Crippen LogP contribution >= 0.6 is 15.9 Å². The van der Waals surface area contributed by atoms with Crippen LogP contribution in [-0.2, 0) is 15.0 Å². The van der Waals surface area contributed by atoms with Crippen LogP contribution in [0.4, 0.5) is 19.7 Å². The number of rotatable bonds is 3. The lowest BCUT2D eigenvalue weighted by molar-refractivity contribution is -0.384. The first kappa shape index (κ1) is 15.8. The number of halogens is 3. The van der Waals surface area contributed by atoms with E-state index < -0.39 is 56.5 Å². The van der Waals surface area contributed by atoms with Gasteiger partial charge in [0.05, 0.1) is 4.92 Å². The van der Waals surface area contributed by atoms with Crippen LogP contribution in [0, 0.1) is 15.9 Å². The lowest BCUT2D eigenvalue weighted by atomic mass is 10.2. The second kappa shape index (κ2) is 5.30. The van der Waals surface area contributed by atoms with Crippen molar-refractivity contribution in [2.75, 3.05) is 11.4 Å². The van der Waals surface area contributed by atoms with E-state index in [0.29, 0.717) is 4.90 Å². The van der Waals surface area contributed by atoms with E-state index in [1.807, 2.05) is 0 Å². The van der Waals surface area contributed by atoms with Crippen molar-refractivity contribution in [3.8, 4) is 0 Å². The number of hydrogen-bond donors (Lipinski definition) is 0. The average Bonchev–Trinajstić information content (AvgIpc) is 2.70. The molecule has 1 heterocycles. The van der Waals surface area contributed by atoms with Gasteiger partial charge in [-0.05, 0) is 6.07 Å². The van der Waals surface area contributed by atoms with Crippen LogP contribution in [0.25, 0.3) is 0 Å². The predicted molar refractivity (Wildman–Crippen MR) is 71.5 cm³/mol. The summed E-state index contributed by atoms with van der Waals surface area (Å²) < 4.78 is 48.6. The van der Waals surface area contributed by atoms with Crippen molar-refractivity contribution in [3.63, 3.8) is 0 Å². The molecule has 0 bridgehead atoms. The minimum Gasteiger partial charge on any atom is -0.303 e. The molecule has 1 saturated heterocycles. The van der Waals surface area contributed by atoms with Gasteiger partial charge < -0.3 is 4.90 Å². The number of nitro benzene ring substituents is 1. The van der Waals surface area contributed by atoms with Gasteiger partial charge in [-0.25, -0.2) is 4.39 Å². The highest BCUT2D eigenvalue weighted by Crippen LogP contribution is 2.37. The van der Waals surface area contributed by atoms with Gasteiger partial charge in [-0.15, -0.1) is 3.89 Å². The second-order valence-electron chi connectivity index (χ2n) is 4.32. The largest absolute Gasteiger partial charge is 0.307 e. The number of amides is 1. The molecule has 1 aliphatic rings. The molecule has 0 aliphatic carbocycles. The van der Waals surface area contributed by atoms with Crippen molar-refractivity contribution in [1.29, 1.82) is 0 Å². The summed E-state index contributed by atoms with van der Waals surface area (Å²) in [5.41, 5.74) is -1.38. The molecule has 21 heavy (non-hydrogen) atoms. The van der Waals surface area contributed by atoms with Crippen LogP contribution in [0.1, 0.15) is 6.42 Å². The number of benzene rings is 1. The summed E-state index contributed by atoms with van der Waals surface area (Å²) in [6.07, 6.45) is -0.689. The molecule has 1 atom stereocenters. The van der Waals surface area contributed by atoms with Crippen molar-refractivity contribution in [3.05, 3.63) is 32.5 Å². The Labute approximate surface area is 126 Å². The summed E-state index contributed by atoms with van der Waals surface area (Å²) in [7, 11) is -4.99. The topological polar surface area (TPSA) is 97.6 Å². The zero-order valence-electron chi connectivity index (χ0n) is 10.1. The zero-order chi connectivity index (χ0) is 15.9. The van der Waals surface area contributed by atoms with Crippen molar-refractivity contribution < 1.29 is 26.4 Å². The first-order chi connectivity index (χ1) is 9.61. The fourth-order valence-corrected chi connectivity index (χ4v) is 3.12. The molecule has 1 aromatic carbocycles. The summed E-state index contributed by atoms with van der Waals surface area (Å²) >= 11 is 2.88. The third-order valence-corrected chi connectivity index (χ3v) is 4.53. The molecule has 0 saturated carbocycles. The molecule has 0 radical (unpaired) electrons. The molecule has 1 unspecified atom stereocenters. The van der Waals surface area contributed by atoms with Gasteiger partial charge in [0.25, 0.3) is 5.69 Å². The summed E-state index contributed by atoms with van der Waals surface area (Å²) in [5, 5.41) is 9.30. The number of nitro groups is 1. The molecule has 1 aliphatic heterocycles. The number of carbonyl (C=O) groups excluding carboxylic acids is 1. The normalized spacial score (nSPS) is 19.1. The van der Waals surface area contributed by atoms with Gasteiger partial charge in [-0.1, -0.05) is 15.9 Å². The lowest BCUT2D eigenvalue weighted by Crippen LogP contribution is -2.28. The van der Waals surface area contributed by atoms with E-state index in [4.69, 9.17) is 0 Å². The Kier molecular flexibility index (Phi) is 3.97. The van der Waals surface area contributed by atoms with Gasteiger partial charge >= 0.3 is 10.2 Å². The molecular formula is C10H7BrF2N2O5S. The van der Waals surface area contributed by atoms with Crippen molar-refractivity contribution in [2.24, 2.45) is 0 Å². The molecular weight excluding hydrogens is 378 g/mol. The van der Waals surface area contributed by atoms with E-state index >= 15 is 0 Å². The van der Waals surface area contributed by atoms with Crippen LogP contribution in [0.2, 0.25) is 0 Å². The Morgan fingerprint density at radius 1 is 1.43 bits per heavy atom. The molecule has 1 fully saturated rings. The third kappa shape index (κ3) is 3.02. The highest BCUT2D eigenvalue weighted by atomic mass is 79.9. The minimum absolute atomic E-state index is 0.0803. The maximum atomic E-state index is 13.9. The molecule has 1 amide bonds. The number of carbonyl (C=O) groups is 1. The number of anilines is 1. The van der Waals surface area contributed by atoms with Gasteiger partial charge in [0.15, 0.2) is 11.5 Å². The monoisotopic (exact) mass is 384 g/mol. The number of nitrogens with zero attached hydrogens (tertiary/aromatic N) is 2. The van der Waals surface area contributed by atoms with Crippen LogP contribution in [0.5, 0.6) is 0 Å². The summed E-state index contributed by atoms with van der Waals surface area (Å²) in [4.78, 5) is 22.4. The smallest absolute Gasteiger partial charge is 0.303 e. The third-order valence-electron chi connectivity index (χ3n) is 2.96. The van der Waals surface area contributed by atoms with Gasteiger partial charge in [-0.2, -0.15) is 8.42 Å². The Hall–Kier alpha value is -1.62. The molecule has 11 heteroatoms. The van der Waals surface area contributed by atoms with Crippen molar-refractivity contribution in [1.82, 2.24) is 0 Å². The van der Waals surface area contributed by atoms with E-state index in [-0.39, 0.29) is 4.47 Å². The quantitative estimate of drug-likeness (QED) is 0.450. The zero-order valence-corrected chi connectivity index (χ0v) is 12.5. The second-order valence-corrected chi connectivity index (χ2v) is 6.85. The molecule has 2 rings (SSSR count). The van der Waals surface area contributed by atoms with Gasteiger partial charge in [0.2, 0.25) is 5.91 Å². The van der Waals surface area contributed by atoms with Crippen molar-refractivity contribution in [2.45, 2.75) is 11.7 Å². The Bertz CT molecular complexity index is 739. The number of hydrogen-bond acceptors (Lipinski definition) is 5. The standard InChI is InChI=1S/C10H7BrF2N2O5S/c11-5-1-7(12)10(8(2-5)15(17)18)14-4-6(3-9(14)16)21(13,19)20/h1-2,6H,3-4H2. The highest BCUT2D eigenvalue weighted by molar-refractivity contribution is 9.10. The van der Waals surface area contributed by atoms with E-state index in [1.54, 1.807) is 0 Å². The van der Waals surface area contributed by atoms with Crippen LogP contribution < -0.4 is 4.90 Å². The maximum absolute atomic E-state index is 13.9. The summed E-state index contributed by atoms with van der Waals surface area (Å²) in [6, 6.07) is 1.87. The van der Waals surface area contributed by atoms with Crippen LogP contribution in [0.15, 0.2) is 16.6 Å². The Morgan fingerprint density at radius 2 is 2.05 bits per heavy atom. The molecule has 1 aromatic rings. The SMILES string of the molecule is O=C1CC(S(=O)(=O)F)CN1c1c(F)cc(Br)cc1[N+](=O)[O-]. The fraction of sp³-hybridized carbons (Fsp3) is 0.300.